The molecule has 0 aliphatic heterocycles. The van der Waals surface area contributed by atoms with E-state index in [4.69, 9.17) is 0 Å². The number of nitro groups is 1. The van der Waals surface area contributed by atoms with Crippen LogP contribution in [0.1, 0.15) is 15.9 Å². The zero-order valence-electron chi connectivity index (χ0n) is 19.9. The molecule has 0 aliphatic carbocycles. The summed E-state index contributed by atoms with van der Waals surface area (Å²) in [5.74, 6) is -0.385. The van der Waals surface area contributed by atoms with Gasteiger partial charge in [-0.1, -0.05) is 12.1 Å². The van der Waals surface area contributed by atoms with Gasteiger partial charge in [0.05, 0.1) is 29.1 Å². The molecule has 2 aromatic heterocycles. The van der Waals surface area contributed by atoms with Crippen molar-refractivity contribution in [1.82, 2.24) is 29.0 Å². The molecule has 0 aliphatic rings. The van der Waals surface area contributed by atoms with Gasteiger partial charge in [0, 0.05) is 38.3 Å². The molecule has 192 valence electrons. The van der Waals surface area contributed by atoms with E-state index in [1.165, 1.54) is 72.3 Å². The zero-order chi connectivity index (χ0) is 26.7. The molecule has 1 amide bonds. The van der Waals surface area contributed by atoms with E-state index < -0.39 is 14.9 Å². The van der Waals surface area contributed by atoms with Gasteiger partial charge >= 0.3 is 0 Å². The van der Waals surface area contributed by atoms with Crippen LogP contribution >= 0.6 is 0 Å². The van der Waals surface area contributed by atoms with Crippen molar-refractivity contribution < 1.29 is 18.1 Å². The highest BCUT2D eigenvalue weighted by Gasteiger charge is 2.17. The van der Waals surface area contributed by atoms with Crippen LogP contribution in [0.3, 0.4) is 0 Å². The number of sulfonamides is 1. The van der Waals surface area contributed by atoms with Crippen LogP contribution in [-0.2, 0) is 23.1 Å². The van der Waals surface area contributed by atoms with Crippen LogP contribution in [0, 0.1) is 10.1 Å². The maximum Gasteiger partial charge on any atom is 0.269 e. The molecular weight excluding hydrogens is 502 g/mol. The third-order valence-corrected chi connectivity index (χ3v) is 7.46. The number of non-ortho nitro benzene ring substituents is 1. The second-order valence-corrected chi connectivity index (χ2v) is 10.4. The lowest BCUT2D eigenvalue weighted by molar-refractivity contribution is -0.384. The molecule has 0 saturated carbocycles. The van der Waals surface area contributed by atoms with Crippen LogP contribution in [0.5, 0.6) is 0 Å². The Morgan fingerprint density at radius 2 is 1.78 bits per heavy atom. The molecule has 0 atom stereocenters. The number of carbonyl (C=O) groups is 1. The van der Waals surface area contributed by atoms with Crippen LogP contribution in [-0.4, -0.2) is 63.5 Å². The Morgan fingerprint density at radius 1 is 1.11 bits per heavy atom. The van der Waals surface area contributed by atoms with Gasteiger partial charge in [-0.2, -0.15) is 5.10 Å². The smallest absolute Gasteiger partial charge is 0.269 e. The van der Waals surface area contributed by atoms with Crippen molar-refractivity contribution in [1.29, 1.82) is 0 Å². The molecule has 37 heavy (non-hydrogen) atoms. The second kappa shape index (κ2) is 10.3. The van der Waals surface area contributed by atoms with Gasteiger partial charge in [-0.3, -0.25) is 24.3 Å². The maximum absolute atomic E-state index is 12.9. The van der Waals surface area contributed by atoms with Crippen molar-refractivity contribution in [3.8, 4) is 0 Å². The third kappa shape index (κ3) is 5.39. The monoisotopic (exact) mass is 525 g/mol. The molecule has 0 bridgehead atoms. The van der Waals surface area contributed by atoms with Crippen LogP contribution in [0.15, 0.2) is 70.7 Å². The van der Waals surface area contributed by atoms with Crippen molar-refractivity contribution >= 4 is 32.7 Å². The fourth-order valence-corrected chi connectivity index (χ4v) is 4.46. The Hall–Kier alpha value is -4.43. The number of nitrogens with zero attached hydrogens (tertiary/aromatic N) is 6. The summed E-state index contributed by atoms with van der Waals surface area (Å²) in [4.78, 5) is 40.1. The van der Waals surface area contributed by atoms with Crippen LogP contribution in [0.2, 0.25) is 0 Å². The Morgan fingerprint density at radius 3 is 2.41 bits per heavy atom. The summed E-state index contributed by atoms with van der Waals surface area (Å²) in [6.07, 6.45) is 2.79. The molecule has 0 fully saturated rings. The highest BCUT2D eigenvalue weighted by atomic mass is 32.2. The lowest BCUT2D eigenvalue weighted by Crippen LogP contribution is -2.28. The number of hydrogen-bond acceptors (Lipinski definition) is 8. The van der Waals surface area contributed by atoms with Crippen LogP contribution < -0.4 is 10.9 Å². The van der Waals surface area contributed by atoms with Crippen molar-refractivity contribution in [3.05, 3.63) is 92.7 Å². The van der Waals surface area contributed by atoms with E-state index in [2.05, 4.69) is 15.4 Å². The molecule has 13 nitrogen and oxygen atoms in total. The minimum absolute atomic E-state index is 0.0349. The number of hydrogen-bond donors (Lipinski definition) is 1. The SMILES string of the molecule is CN(C)S(=O)(=O)c1ccc(C(=O)NCCn2ncc3c(=O)n(Cc4ccc([N+](=O)[O-])cc4)cnc32)cc1. The fourth-order valence-electron chi connectivity index (χ4n) is 3.56. The van der Waals surface area contributed by atoms with E-state index in [1.807, 2.05) is 0 Å². The summed E-state index contributed by atoms with van der Waals surface area (Å²) in [7, 11) is -0.727. The minimum atomic E-state index is -3.58. The number of nitro benzene ring substituents is 1. The molecule has 4 rings (SSSR count). The largest absolute Gasteiger partial charge is 0.350 e. The van der Waals surface area contributed by atoms with Crippen molar-refractivity contribution in [2.24, 2.45) is 0 Å². The molecule has 1 N–H and O–H groups in total. The quantitative estimate of drug-likeness (QED) is 0.252. The van der Waals surface area contributed by atoms with E-state index >= 15 is 0 Å². The minimum Gasteiger partial charge on any atom is -0.350 e. The summed E-state index contributed by atoms with van der Waals surface area (Å²) in [5.41, 5.74) is 1.02. The van der Waals surface area contributed by atoms with E-state index in [-0.39, 0.29) is 41.7 Å². The Bertz CT molecular complexity index is 1630. The van der Waals surface area contributed by atoms with Crippen molar-refractivity contribution in [2.75, 3.05) is 20.6 Å². The average molecular weight is 526 g/mol. The predicted octanol–water partition coefficient (Wildman–Crippen LogP) is 1.23. The number of carbonyl (C=O) groups excluding carboxylic acids is 1. The average Bonchev–Trinajstić information content (AvgIpc) is 3.29. The first-order chi connectivity index (χ1) is 17.6. The standard InChI is InChI=1S/C23H23N7O6S/c1-27(2)37(35,36)19-9-5-17(6-10-19)22(31)24-11-12-29-21-20(13-26-29)23(32)28(15-25-21)14-16-3-7-18(8-4-16)30(33)34/h3-10,13,15H,11-12,14H2,1-2H3,(H,24,31). The first-order valence-corrected chi connectivity index (χ1v) is 12.5. The summed E-state index contributed by atoms with van der Waals surface area (Å²) in [5, 5.41) is 18.0. The van der Waals surface area contributed by atoms with Gasteiger partial charge in [-0.15, -0.1) is 0 Å². The van der Waals surface area contributed by atoms with Gasteiger partial charge in [0.25, 0.3) is 17.2 Å². The number of aromatic nitrogens is 4. The lowest BCUT2D eigenvalue weighted by atomic mass is 10.2. The molecule has 2 aromatic carbocycles. The fraction of sp³-hybridized carbons (Fsp3) is 0.217. The van der Waals surface area contributed by atoms with Crippen LogP contribution in [0.4, 0.5) is 5.69 Å². The van der Waals surface area contributed by atoms with E-state index in [0.717, 1.165) is 4.31 Å². The van der Waals surface area contributed by atoms with Crippen molar-refractivity contribution in [2.45, 2.75) is 18.0 Å². The normalized spacial score (nSPS) is 11.6. The number of amides is 1. The number of fused-ring (bicyclic) bond motifs is 1. The van der Waals surface area contributed by atoms with E-state index in [1.54, 1.807) is 12.1 Å². The summed E-state index contributed by atoms with van der Waals surface area (Å²) >= 11 is 0. The molecule has 14 heteroatoms. The van der Waals surface area contributed by atoms with E-state index in [9.17, 15) is 28.1 Å². The number of nitrogens with one attached hydrogen (secondary N) is 1. The van der Waals surface area contributed by atoms with Crippen molar-refractivity contribution in [3.63, 3.8) is 0 Å². The van der Waals surface area contributed by atoms with Gasteiger partial charge in [0.1, 0.15) is 11.7 Å². The second-order valence-electron chi connectivity index (χ2n) is 8.27. The Labute approximate surface area is 211 Å². The third-order valence-electron chi connectivity index (χ3n) is 5.63. The van der Waals surface area contributed by atoms with Gasteiger partial charge < -0.3 is 5.32 Å². The molecule has 4 aromatic rings. The topological polar surface area (TPSA) is 162 Å². The Balaban J connectivity index is 1.40. The van der Waals surface area contributed by atoms with E-state index in [0.29, 0.717) is 22.2 Å². The predicted molar refractivity (Wildman–Crippen MR) is 134 cm³/mol. The van der Waals surface area contributed by atoms with Gasteiger partial charge in [-0.25, -0.2) is 22.4 Å². The first kappa shape index (κ1) is 25.7. The van der Waals surface area contributed by atoms with Gasteiger partial charge in [-0.05, 0) is 29.8 Å². The Kier molecular flexibility index (Phi) is 7.13. The number of rotatable bonds is 9. The molecule has 0 saturated heterocycles. The molecule has 2 heterocycles. The highest BCUT2D eigenvalue weighted by molar-refractivity contribution is 7.89. The van der Waals surface area contributed by atoms with Gasteiger partial charge in [0.15, 0.2) is 5.65 Å². The summed E-state index contributed by atoms with van der Waals surface area (Å²) in [6.45, 7) is 0.637. The lowest BCUT2D eigenvalue weighted by Gasteiger charge is -2.11. The van der Waals surface area contributed by atoms with Gasteiger partial charge in [0.2, 0.25) is 10.0 Å². The summed E-state index contributed by atoms with van der Waals surface area (Å²) in [6, 6.07) is 11.5. The number of benzene rings is 2. The summed E-state index contributed by atoms with van der Waals surface area (Å²) < 4.78 is 28.3. The zero-order valence-corrected chi connectivity index (χ0v) is 20.8. The highest BCUT2D eigenvalue weighted by Crippen LogP contribution is 2.15. The maximum atomic E-state index is 12.9. The first-order valence-electron chi connectivity index (χ1n) is 11.0. The molecule has 0 radical (unpaired) electrons. The molecular formula is C23H23N7O6S. The molecule has 0 unspecified atom stereocenters. The molecule has 0 spiro atoms. The van der Waals surface area contributed by atoms with Crippen LogP contribution in [0.25, 0.3) is 11.0 Å².